The molecule has 0 saturated heterocycles. The Labute approximate surface area is 186 Å². The largest absolute Gasteiger partial charge is 0.300 e. The Hall–Kier alpha value is -2.46. The van der Waals surface area contributed by atoms with Crippen molar-refractivity contribution >= 4 is 61.4 Å². The van der Waals surface area contributed by atoms with Gasteiger partial charge >= 0.3 is 0 Å². The van der Waals surface area contributed by atoms with E-state index in [-0.39, 0.29) is 17.3 Å². The van der Waals surface area contributed by atoms with Gasteiger partial charge in [0.2, 0.25) is 5.91 Å². The molecule has 0 saturated carbocycles. The number of sulfonamides is 1. The minimum absolute atomic E-state index is 0.147. The molecule has 1 amide bonds. The van der Waals surface area contributed by atoms with E-state index in [1.807, 2.05) is 0 Å². The van der Waals surface area contributed by atoms with E-state index >= 15 is 0 Å². The smallest absolute Gasteiger partial charge is 0.263 e. The van der Waals surface area contributed by atoms with Crippen molar-refractivity contribution in [1.82, 2.24) is 9.71 Å². The average molecular weight is 481 g/mol. The molecule has 4 rings (SSSR count). The van der Waals surface area contributed by atoms with Gasteiger partial charge in [0.15, 0.2) is 5.13 Å². The van der Waals surface area contributed by atoms with Crippen molar-refractivity contribution in [2.75, 3.05) is 11.9 Å². The van der Waals surface area contributed by atoms with Crippen LogP contribution in [0.2, 0.25) is 10.0 Å². The van der Waals surface area contributed by atoms with Gasteiger partial charge in [0.05, 0.1) is 4.90 Å². The highest BCUT2D eigenvalue weighted by atomic mass is 35.5. The van der Waals surface area contributed by atoms with Crippen molar-refractivity contribution in [2.24, 2.45) is 4.99 Å². The lowest BCUT2D eigenvalue weighted by Crippen LogP contribution is -2.24. The van der Waals surface area contributed by atoms with Crippen LogP contribution in [0, 0.1) is 0 Å². The molecule has 0 atom stereocenters. The average Bonchev–Trinajstić information content (AvgIpc) is 3.25. The predicted octanol–water partition coefficient (Wildman–Crippen LogP) is 3.72. The fourth-order valence-electron chi connectivity index (χ4n) is 2.87. The molecule has 30 heavy (non-hydrogen) atoms. The van der Waals surface area contributed by atoms with E-state index in [0.29, 0.717) is 27.2 Å². The van der Waals surface area contributed by atoms with Crippen molar-refractivity contribution < 1.29 is 13.2 Å². The van der Waals surface area contributed by atoms with E-state index in [1.165, 1.54) is 17.4 Å². The summed E-state index contributed by atoms with van der Waals surface area (Å²) < 4.78 is 26.5. The highest BCUT2D eigenvalue weighted by Gasteiger charge is 2.30. The third-order valence-electron chi connectivity index (χ3n) is 4.22. The van der Waals surface area contributed by atoms with E-state index in [1.54, 1.807) is 42.6 Å². The first-order chi connectivity index (χ1) is 14.3. The normalized spacial score (nSPS) is 15.6. The number of nitrogens with zero attached hydrogens (tertiary/aromatic N) is 2. The molecule has 0 fully saturated rings. The quantitative estimate of drug-likeness (QED) is 0.580. The van der Waals surface area contributed by atoms with Crippen molar-refractivity contribution in [1.29, 1.82) is 0 Å². The number of aromatic nitrogens is 1. The van der Waals surface area contributed by atoms with E-state index in [0.717, 1.165) is 10.4 Å². The van der Waals surface area contributed by atoms with Crippen molar-refractivity contribution in [3.05, 3.63) is 74.7 Å². The minimum Gasteiger partial charge on any atom is -0.300 e. The van der Waals surface area contributed by atoms with Crippen LogP contribution in [0.5, 0.6) is 0 Å². The zero-order chi connectivity index (χ0) is 21.3. The number of carbonyl (C=O) groups is 1. The first-order valence-corrected chi connectivity index (χ1v) is 11.7. The molecule has 1 aromatic heterocycles. The van der Waals surface area contributed by atoms with Gasteiger partial charge in [0.25, 0.3) is 10.0 Å². The summed E-state index contributed by atoms with van der Waals surface area (Å²) in [4.78, 5) is 21.6. The van der Waals surface area contributed by atoms with Crippen LogP contribution >= 0.6 is 34.5 Å². The van der Waals surface area contributed by atoms with Crippen LogP contribution in [0.1, 0.15) is 16.0 Å². The standard InChI is InChI=1S/C19H14Cl2N4O3S2/c20-12-5-6-15(21)11(7-12)8-13-9-23-19(29-13)24-17(26)10-22-18-14-3-1-2-4-16(14)30(27,28)25-18/h1-7,9H,8,10H2,(H,22,25)(H,23,24,26). The number of benzene rings is 2. The molecule has 0 spiro atoms. The molecule has 2 N–H and O–H groups in total. The Balaban J connectivity index is 1.41. The summed E-state index contributed by atoms with van der Waals surface area (Å²) in [6.07, 6.45) is 2.19. The van der Waals surface area contributed by atoms with Crippen LogP contribution in [0.3, 0.4) is 0 Å². The third-order valence-corrected chi connectivity index (χ3v) is 7.13. The van der Waals surface area contributed by atoms with Gasteiger partial charge in [-0.15, -0.1) is 11.3 Å². The lowest BCUT2D eigenvalue weighted by Gasteiger charge is -2.02. The van der Waals surface area contributed by atoms with Gasteiger partial charge in [-0.25, -0.2) is 13.4 Å². The molecule has 11 heteroatoms. The molecular weight excluding hydrogens is 467 g/mol. The fraction of sp³-hybridized carbons (Fsp3) is 0.105. The number of aliphatic imine (C=N–C) groups is 1. The number of hydrogen-bond acceptors (Lipinski definition) is 6. The summed E-state index contributed by atoms with van der Waals surface area (Å²) in [5.41, 5.74) is 1.31. The summed E-state index contributed by atoms with van der Waals surface area (Å²) >= 11 is 13.5. The molecule has 1 aliphatic rings. The Morgan fingerprint density at radius 1 is 1.20 bits per heavy atom. The number of thiazole rings is 1. The first kappa shape index (κ1) is 20.8. The number of amides is 1. The number of anilines is 1. The van der Waals surface area contributed by atoms with Gasteiger partial charge < -0.3 is 5.32 Å². The number of carbonyl (C=O) groups excluding carboxylic acids is 1. The third kappa shape index (κ3) is 4.49. The number of hydrogen-bond donors (Lipinski definition) is 2. The van der Waals surface area contributed by atoms with Gasteiger partial charge in [-0.2, -0.15) is 0 Å². The summed E-state index contributed by atoms with van der Waals surface area (Å²) in [6, 6.07) is 11.7. The number of rotatable bonds is 5. The van der Waals surface area contributed by atoms with E-state index < -0.39 is 15.9 Å². The summed E-state index contributed by atoms with van der Waals surface area (Å²) in [7, 11) is -3.64. The number of halogens is 2. The molecule has 154 valence electrons. The maximum Gasteiger partial charge on any atom is 0.263 e. The zero-order valence-electron chi connectivity index (χ0n) is 15.2. The monoisotopic (exact) mass is 480 g/mol. The van der Waals surface area contributed by atoms with E-state index in [2.05, 4.69) is 20.0 Å². The fourth-order valence-corrected chi connectivity index (χ4v) is 5.36. The number of fused-ring (bicyclic) bond motifs is 1. The van der Waals surface area contributed by atoms with Crippen LogP contribution in [-0.4, -0.2) is 31.7 Å². The molecule has 2 heterocycles. The van der Waals surface area contributed by atoms with Gasteiger partial charge in [0.1, 0.15) is 12.4 Å². The molecule has 0 aliphatic carbocycles. The highest BCUT2D eigenvalue weighted by molar-refractivity contribution is 7.90. The summed E-state index contributed by atoms with van der Waals surface area (Å²) in [5.74, 6) is -0.260. The van der Waals surface area contributed by atoms with E-state index in [9.17, 15) is 13.2 Å². The van der Waals surface area contributed by atoms with Crippen LogP contribution in [0.4, 0.5) is 5.13 Å². The second-order valence-electron chi connectivity index (χ2n) is 6.36. The molecule has 7 nitrogen and oxygen atoms in total. The van der Waals surface area contributed by atoms with Crippen LogP contribution < -0.4 is 10.0 Å². The Kier molecular flexibility index (Phi) is 5.79. The molecule has 2 aromatic carbocycles. The second kappa shape index (κ2) is 8.35. The van der Waals surface area contributed by atoms with Crippen molar-refractivity contribution in [2.45, 2.75) is 11.3 Å². The molecule has 0 unspecified atom stereocenters. The van der Waals surface area contributed by atoms with Gasteiger partial charge in [-0.1, -0.05) is 35.3 Å². The number of amidine groups is 1. The van der Waals surface area contributed by atoms with Crippen molar-refractivity contribution in [3.8, 4) is 0 Å². The molecule has 1 aliphatic heterocycles. The second-order valence-corrected chi connectivity index (χ2v) is 9.97. The lowest BCUT2D eigenvalue weighted by molar-refractivity contribution is -0.114. The highest BCUT2D eigenvalue weighted by Crippen LogP contribution is 2.27. The maximum atomic E-state index is 12.2. The molecule has 0 bridgehead atoms. The zero-order valence-corrected chi connectivity index (χ0v) is 18.4. The maximum absolute atomic E-state index is 12.2. The summed E-state index contributed by atoms with van der Waals surface area (Å²) in [6.45, 7) is -0.249. The summed E-state index contributed by atoms with van der Waals surface area (Å²) in [5, 5.41) is 4.28. The first-order valence-electron chi connectivity index (χ1n) is 8.67. The van der Waals surface area contributed by atoms with Gasteiger partial charge in [0, 0.05) is 33.1 Å². The Morgan fingerprint density at radius 2 is 2.00 bits per heavy atom. The minimum atomic E-state index is -3.64. The van der Waals surface area contributed by atoms with Crippen LogP contribution in [0.25, 0.3) is 0 Å². The van der Waals surface area contributed by atoms with Gasteiger partial charge in [-0.05, 0) is 35.9 Å². The topological polar surface area (TPSA) is 101 Å². The Morgan fingerprint density at radius 3 is 2.83 bits per heavy atom. The van der Waals surface area contributed by atoms with Crippen molar-refractivity contribution in [3.63, 3.8) is 0 Å². The SMILES string of the molecule is O=C(CN=C1NS(=O)(=O)c2ccccc21)Nc1ncc(Cc2cc(Cl)ccc2Cl)s1. The Bertz CT molecular complexity index is 1270. The molecule has 0 radical (unpaired) electrons. The number of nitrogens with one attached hydrogen (secondary N) is 2. The van der Waals surface area contributed by atoms with Crippen LogP contribution in [0.15, 0.2) is 58.5 Å². The molecular formula is C19H14Cl2N4O3S2. The van der Waals surface area contributed by atoms with Gasteiger partial charge in [-0.3, -0.25) is 14.5 Å². The van der Waals surface area contributed by atoms with E-state index in [4.69, 9.17) is 23.2 Å². The predicted molar refractivity (Wildman–Crippen MR) is 118 cm³/mol. The lowest BCUT2D eigenvalue weighted by atomic mass is 10.1. The van der Waals surface area contributed by atoms with Crippen LogP contribution in [-0.2, 0) is 21.2 Å². The molecule has 3 aromatic rings.